The van der Waals surface area contributed by atoms with E-state index in [-0.39, 0.29) is 23.5 Å². The highest BCUT2D eigenvalue weighted by atomic mass is 16.5. The number of hydrogen-bond donors (Lipinski definition) is 1. The van der Waals surface area contributed by atoms with Crippen LogP contribution in [0.4, 0.5) is 0 Å². The fourth-order valence-corrected chi connectivity index (χ4v) is 1.73. The first kappa shape index (κ1) is 18.1. The van der Waals surface area contributed by atoms with E-state index in [4.69, 9.17) is 31.0 Å². The van der Waals surface area contributed by atoms with Crippen LogP contribution in [0, 0.1) is 45.3 Å². The molecule has 0 aromatic heterocycles. The number of nitrogens with zero attached hydrogens (tertiary/aromatic N) is 4. The zero-order chi connectivity index (χ0) is 17.9. The van der Waals surface area contributed by atoms with Crippen LogP contribution in [0.3, 0.4) is 0 Å². The van der Waals surface area contributed by atoms with Gasteiger partial charge in [-0.3, -0.25) is 0 Å². The van der Waals surface area contributed by atoms with Gasteiger partial charge < -0.3 is 15.2 Å². The smallest absolute Gasteiger partial charge is 0.174 e. The van der Waals surface area contributed by atoms with Crippen LogP contribution in [-0.2, 0) is 0 Å². The molecule has 0 amide bonds. The van der Waals surface area contributed by atoms with Crippen LogP contribution in [-0.4, -0.2) is 13.2 Å². The zero-order valence-electron chi connectivity index (χ0n) is 12.9. The molecule has 0 bridgehead atoms. The third-order valence-corrected chi connectivity index (χ3v) is 2.77. The Hall–Kier alpha value is -3.94. The molecular weight excluding hydrogens is 306 g/mol. The van der Waals surface area contributed by atoms with Gasteiger partial charge in [-0.25, -0.2) is 0 Å². The molecule has 1 rings (SSSR count). The van der Waals surface area contributed by atoms with Crippen LogP contribution in [0.1, 0.15) is 12.5 Å². The Morgan fingerprint density at radius 3 is 2.33 bits per heavy atom. The maximum atomic E-state index is 9.20. The second-order valence-electron chi connectivity index (χ2n) is 4.27. The maximum absolute atomic E-state index is 9.20. The molecule has 0 spiro atoms. The van der Waals surface area contributed by atoms with E-state index in [1.165, 1.54) is 6.08 Å². The number of hydrogen-bond acceptors (Lipinski definition) is 7. The van der Waals surface area contributed by atoms with Gasteiger partial charge in [-0.05, 0) is 30.7 Å². The van der Waals surface area contributed by atoms with Gasteiger partial charge in [0, 0.05) is 0 Å². The van der Waals surface area contributed by atoms with Crippen molar-refractivity contribution in [2.75, 3.05) is 13.2 Å². The van der Waals surface area contributed by atoms with Crippen molar-refractivity contribution in [3.63, 3.8) is 0 Å². The molecule has 0 atom stereocenters. The van der Waals surface area contributed by atoms with Crippen LogP contribution in [0.15, 0.2) is 35.0 Å². The lowest BCUT2D eigenvalue weighted by molar-refractivity contribution is 0.298. The fraction of sp³-hybridized carbons (Fsp3) is 0.176. The summed E-state index contributed by atoms with van der Waals surface area (Å²) in [6.45, 7) is 2.06. The highest BCUT2D eigenvalue weighted by Crippen LogP contribution is 2.29. The normalized spacial score (nSPS) is 9.62. The van der Waals surface area contributed by atoms with Gasteiger partial charge in [0.25, 0.3) is 0 Å². The Morgan fingerprint density at radius 2 is 1.79 bits per heavy atom. The van der Waals surface area contributed by atoms with E-state index in [1.807, 2.05) is 12.1 Å². The molecule has 0 radical (unpaired) electrons. The fourth-order valence-electron chi connectivity index (χ4n) is 1.73. The van der Waals surface area contributed by atoms with Gasteiger partial charge in [-0.2, -0.15) is 21.0 Å². The third-order valence-electron chi connectivity index (χ3n) is 2.77. The monoisotopic (exact) mass is 319 g/mol. The lowest BCUT2D eigenvalue weighted by Crippen LogP contribution is -2.03. The van der Waals surface area contributed by atoms with Crippen molar-refractivity contribution in [2.24, 2.45) is 5.73 Å². The van der Waals surface area contributed by atoms with Gasteiger partial charge in [-0.1, -0.05) is 6.07 Å². The number of ether oxygens (including phenoxy) is 2. The summed E-state index contributed by atoms with van der Waals surface area (Å²) in [6.07, 6.45) is 1.43. The molecule has 0 aliphatic rings. The predicted molar refractivity (Wildman–Crippen MR) is 84.7 cm³/mol. The Bertz CT molecular complexity index is 826. The number of allylic oxidation sites excluding steroid dienone is 2. The van der Waals surface area contributed by atoms with E-state index >= 15 is 0 Å². The number of rotatable bonds is 6. The van der Waals surface area contributed by atoms with Crippen LogP contribution in [0.2, 0.25) is 0 Å². The van der Waals surface area contributed by atoms with Gasteiger partial charge >= 0.3 is 0 Å². The van der Waals surface area contributed by atoms with E-state index < -0.39 is 0 Å². The lowest BCUT2D eigenvalue weighted by Gasteiger charge is -2.11. The summed E-state index contributed by atoms with van der Waals surface area (Å²) in [6, 6.07) is 11.9. The highest BCUT2D eigenvalue weighted by molar-refractivity contribution is 5.67. The molecule has 0 saturated heterocycles. The molecule has 24 heavy (non-hydrogen) atoms. The first-order valence-corrected chi connectivity index (χ1v) is 6.79. The third kappa shape index (κ3) is 4.53. The molecule has 1 aromatic rings. The van der Waals surface area contributed by atoms with Crippen LogP contribution in [0.25, 0.3) is 6.08 Å². The van der Waals surface area contributed by atoms with E-state index in [9.17, 15) is 5.26 Å². The minimum Gasteiger partial charge on any atom is -0.490 e. The molecular formula is C17H13N5O2. The molecule has 0 fully saturated rings. The minimum absolute atomic E-state index is 0.0127. The van der Waals surface area contributed by atoms with Gasteiger partial charge in [-0.15, -0.1) is 0 Å². The van der Waals surface area contributed by atoms with Crippen LogP contribution < -0.4 is 15.2 Å². The molecule has 118 valence electrons. The Balaban J connectivity index is 3.32. The van der Waals surface area contributed by atoms with Crippen molar-refractivity contribution < 1.29 is 9.47 Å². The minimum atomic E-state index is -0.332. The lowest BCUT2D eigenvalue weighted by atomic mass is 10.1. The molecule has 0 aliphatic heterocycles. The van der Waals surface area contributed by atoms with Crippen molar-refractivity contribution in [1.29, 1.82) is 21.0 Å². The Labute approximate surface area is 139 Å². The van der Waals surface area contributed by atoms with E-state index in [0.29, 0.717) is 23.7 Å². The number of benzene rings is 1. The summed E-state index contributed by atoms with van der Waals surface area (Å²) >= 11 is 0. The van der Waals surface area contributed by atoms with Crippen molar-refractivity contribution >= 4 is 6.08 Å². The van der Waals surface area contributed by atoms with Crippen LogP contribution >= 0.6 is 0 Å². The molecule has 1 aromatic carbocycles. The Kier molecular flexibility index (Phi) is 6.91. The van der Waals surface area contributed by atoms with E-state index in [0.717, 1.165) is 0 Å². The molecule has 0 heterocycles. The molecule has 7 heteroatoms. The van der Waals surface area contributed by atoms with Crippen LogP contribution in [0.5, 0.6) is 11.5 Å². The quantitative estimate of drug-likeness (QED) is 0.625. The van der Waals surface area contributed by atoms with Gasteiger partial charge in [0.1, 0.15) is 24.3 Å². The Morgan fingerprint density at radius 1 is 1.08 bits per heavy atom. The average Bonchev–Trinajstić information content (AvgIpc) is 2.60. The van der Waals surface area contributed by atoms with Crippen molar-refractivity contribution in [3.8, 4) is 35.8 Å². The second kappa shape index (κ2) is 9.15. The summed E-state index contributed by atoms with van der Waals surface area (Å²) in [5, 5.41) is 35.4. The van der Waals surface area contributed by atoms with Crippen molar-refractivity contribution in [3.05, 3.63) is 40.6 Å². The maximum Gasteiger partial charge on any atom is 0.174 e. The van der Waals surface area contributed by atoms with Gasteiger partial charge in [0.05, 0.1) is 17.9 Å². The van der Waals surface area contributed by atoms with E-state index in [2.05, 4.69) is 0 Å². The summed E-state index contributed by atoms with van der Waals surface area (Å²) in [7, 11) is 0. The predicted octanol–water partition coefficient (Wildman–Crippen LogP) is 2.15. The molecule has 0 aliphatic carbocycles. The largest absolute Gasteiger partial charge is 0.490 e. The highest BCUT2D eigenvalue weighted by Gasteiger charge is 2.10. The standard InChI is InChI=1S/C17H13N5O2/c1-2-23-16-8-12(3-4-15(16)24-6-5-18)7-13(9-19)17(22)14(10-20)11-21/h3-4,7-8H,2,6,22H2,1H3/b13-7+. The summed E-state index contributed by atoms with van der Waals surface area (Å²) in [5.74, 6) is 0.800. The molecule has 0 unspecified atom stereocenters. The zero-order valence-corrected chi connectivity index (χ0v) is 12.9. The summed E-state index contributed by atoms with van der Waals surface area (Å²) in [5.41, 5.74) is 5.72. The average molecular weight is 319 g/mol. The number of nitriles is 4. The summed E-state index contributed by atoms with van der Waals surface area (Å²) in [4.78, 5) is 0. The molecule has 0 saturated carbocycles. The van der Waals surface area contributed by atoms with Gasteiger partial charge in [0.15, 0.2) is 23.7 Å². The van der Waals surface area contributed by atoms with Crippen molar-refractivity contribution in [1.82, 2.24) is 0 Å². The molecule has 7 nitrogen and oxygen atoms in total. The molecule has 2 N–H and O–H groups in total. The first-order chi connectivity index (χ1) is 11.6. The topological polar surface area (TPSA) is 140 Å². The first-order valence-electron chi connectivity index (χ1n) is 6.79. The SMILES string of the molecule is CCOc1cc(/C=C(\C#N)C(N)=C(C#N)C#N)ccc1OCC#N. The van der Waals surface area contributed by atoms with Crippen molar-refractivity contribution in [2.45, 2.75) is 6.92 Å². The second-order valence-corrected chi connectivity index (χ2v) is 4.27. The summed E-state index contributed by atoms with van der Waals surface area (Å²) < 4.78 is 10.7. The number of nitrogens with two attached hydrogens (primary N) is 1. The van der Waals surface area contributed by atoms with Gasteiger partial charge in [0.2, 0.25) is 0 Å². The van der Waals surface area contributed by atoms with E-state index in [1.54, 1.807) is 37.3 Å².